The average molecular weight is 399 g/mol. The fourth-order valence-electron chi connectivity index (χ4n) is 3.19. The number of rotatable bonds is 5. The number of halogens is 1. The second kappa shape index (κ2) is 7.37. The van der Waals surface area contributed by atoms with Crippen LogP contribution in [0.3, 0.4) is 0 Å². The third-order valence-corrected chi connectivity index (χ3v) is 5.81. The summed E-state index contributed by atoms with van der Waals surface area (Å²) >= 11 is 7.77. The van der Waals surface area contributed by atoms with E-state index in [9.17, 15) is 4.79 Å². The molecule has 4 rings (SSSR count). The van der Waals surface area contributed by atoms with Gasteiger partial charge in [0.05, 0.1) is 10.9 Å². The molecule has 0 N–H and O–H groups in total. The Morgan fingerprint density at radius 1 is 1.15 bits per heavy atom. The summed E-state index contributed by atoms with van der Waals surface area (Å²) in [6.07, 6.45) is 0.834. The molecule has 5 nitrogen and oxygen atoms in total. The van der Waals surface area contributed by atoms with Crippen molar-refractivity contribution in [2.45, 2.75) is 37.7 Å². The van der Waals surface area contributed by atoms with Crippen LogP contribution in [0.1, 0.15) is 24.5 Å². The summed E-state index contributed by atoms with van der Waals surface area (Å²) < 4.78 is 3.65. The quantitative estimate of drug-likeness (QED) is 0.457. The summed E-state index contributed by atoms with van der Waals surface area (Å²) in [5, 5.41) is 10.6. The highest BCUT2D eigenvalue weighted by Crippen LogP contribution is 2.26. The molecule has 0 bridgehead atoms. The van der Waals surface area contributed by atoms with Gasteiger partial charge in [-0.1, -0.05) is 54.6 Å². The first kappa shape index (κ1) is 18.1. The third kappa shape index (κ3) is 3.24. The van der Waals surface area contributed by atoms with Crippen molar-refractivity contribution in [1.82, 2.24) is 19.2 Å². The summed E-state index contributed by atoms with van der Waals surface area (Å²) in [5.74, 6) is 1.36. The number of nitrogens with zero attached hydrogens (tertiary/aromatic N) is 4. The van der Waals surface area contributed by atoms with Gasteiger partial charge in [0.25, 0.3) is 5.56 Å². The van der Waals surface area contributed by atoms with Crippen LogP contribution in [0.15, 0.2) is 52.4 Å². The van der Waals surface area contributed by atoms with Crippen LogP contribution in [-0.2, 0) is 12.3 Å². The molecule has 0 radical (unpaired) electrons. The van der Waals surface area contributed by atoms with Crippen LogP contribution in [0.2, 0.25) is 5.02 Å². The monoisotopic (exact) mass is 398 g/mol. The van der Waals surface area contributed by atoms with E-state index in [2.05, 4.69) is 29.3 Å². The molecule has 0 aliphatic rings. The number of aromatic nitrogens is 4. The Labute approximate surface area is 166 Å². The molecule has 0 aliphatic heterocycles. The van der Waals surface area contributed by atoms with Crippen LogP contribution in [0.5, 0.6) is 0 Å². The lowest BCUT2D eigenvalue weighted by atomic mass is 10.1. The van der Waals surface area contributed by atoms with E-state index >= 15 is 0 Å². The molecule has 0 amide bonds. The van der Waals surface area contributed by atoms with Gasteiger partial charge in [-0.3, -0.25) is 13.8 Å². The minimum absolute atomic E-state index is 0.0790. The standard InChI is InChI=1S/C20H19ClN4OS/c1-3-10-24-18(26)16-11-15(21)8-9-17(16)25-19(24)22-23-20(25)27-12-14-7-5-4-6-13(14)2/h4-9,11H,3,10,12H2,1-2H3. The minimum Gasteiger partial charge on any atom is -0.276 e. The van der Waals surface area contributed by atoms with Crippen LogP contribution < -0.4 is 5.56 Å². The third-order valence-electron chi connectivity index (χ3n) is 4.60. The van der Waals surface area contributed by atoms with Crippen molar-refractivity contribution in [3.63, 3.8) is 0 Å². The molecule has 0 unspecified atom stereocenters. The average Bonchev–Trinajstić information content (AvgIpc) is 3.08. The van der Waals surface area contributed by atoms with Gasteiger partial charge in [-0.05, 0) is 42.7 Å². The van der Waals surface area contributed by atoms with Gasteiger partial charge in [0.15, 0.2) is 5.16 Å². The normalized spacial score (nSPS) is 11.5. The summed E-state index contributed by atoms with van der Waals surface area (Å²) in [6, 6.07) is 13.7. The summed E-state index contributed by atoms with van der Waals surface area (Å²) in [4.78, 5) is 12.9. The van der Waals surface area contributed by atoms with Gasteiger partial charge in [-0.2, -0.15) is 0 Å². The van der Waals surface area contributed by atoms with Crippen LogP contribution in [0.4, 0.5) is 0 Å². The lowest BCUT2D eigenvalue weighted by Crippen LogP contribution is -2.23. The van der Waals surface area contributed by atoms with Crippen molar-refractivity contribution < 1.29 is 0 Å². The van der Waals surface area contributed by atoms with Crippen molar-refractivity contribution in [2.75, 3.05) is 0 Å². The summed E-state index contributed by atoms with van der Waals surface area (Å²) in [5.41, 5.74) is 3.21. The molecule has 4 aromatic rings. The van der Waals surface area contributed by atoms with E-state index in [0.717, 1.165) is 22.8 Å². The van der Waals surface area contributed by atoms with E-state index in [0.29, 0.717) is 22.7 Å². The zero-order valence-corrected chi connectivity index (χ0v) is 16.7. The molecular formula is C20H19ClN4OS. The van der Waals surface area contributed by atoms with E-state index < -0.39 is 0 Å². The van der Waals surface area contributed by atoms with Crippen molar-refractivity contribution >= 4 is 40.0 Å². The Morgan fingerprint density at radius 3 is 2.74 bits per heavy atom. The van der Waals surface area contributed by atoms with E-state index in [1.165, 1.54) is 11.1 Å². The highest BCUT2D eigenvalue weighted by atomic mass is 35.5. The van der Waals surface area contributed by atoms with Gasteiger partial charge < -0.3 is 0 Å². The molecule has 2 aromatic heterocycles. The molecule has 0 atom stereocenters. The van der Waals surface area contributed by atoms with Gasteiger partial charge in [0.2, 0.25) is 5.78 Å². The van der Waals surface area contributed by atoms with Gasteiger partial charge in [-0.15, -0.1) is 10.2 Å². The number of hydrogen-bond acceptors (Lipinski definition) is 4. The molecule has 138 valence electrons. The summed E-state index contributed by atoms with van der Waals surface area (Å²) in [6.45, 7) is 4.73. The van der Waals surface area contributed by atoms with E-state index in [4.69, 9.17) is 11.6 Å². The first-order valence-corrected chi connectivity index (χ1v) is 10.2. The molecule has 27 heavy (non-hydrogen) atoms. The molecule has 0 saturated heterocycles. The SMILES string of the molecule is CCCn1c(=O)c2cc(Cl)ccc2n2c(SCc3ccccc3C)nnc12. The second-order valence-corrected chi connectivity index (χ2v) is 7.83. The van der Waals surface area contributed by atoms with Crippen LogP contribution in [0, 0.1) is 6.92 Å². The first-order chi connectivity index (χ1) is 13.1. The van der Waals surface area contributed by atoms with Crippen molar-refractivity contribution in [2.24, 2.45) is 0 Å². The number of benzene rings is 2. The van der Waals surface area contributed by atoms with Gasteiger partial charge in [0.1, 0.15) is 0 Å². The highest BCUT2D eigenvalue weighted by molar-refractivity contribution is 7.98. The maximum absolute atomic E-state index is 12.9. The fourth-order valence-corrected chi connectivity index (χ4v) is 4.38. The zero-order chi connectivity index (χ0) is 19.0. The van der Waals surface area contributed by atoms with Crippen molar-refractivity contribution in [1.29, 1.82) is 0 Å². The highest BCUT2D eigenvalue weighted by Gasteiger charge is 2.17. The smallest absolute Gasteiger partial charge is 0.262 e. The topological polar surface area (TPSA) is 52.2 Å². The molecular weight excluding hydrogens is 380 g/mol. The lowest BCUT2D eigenvalue weighted by Gasteiger charge is -2.11. The number of thioether (sulfide) groups is 1. The Balaban J connectivity index is 1.89. The predicted molar refractivity (Wildman–Crippen MR) is 111 cm³/mol. The van der Waals surface area contributed by atoms with Gasteiger partial charge >= 0.3 is 0 Å². The molecule has 0 spiro atoms. The molecule has 0 aliphatic carbocycles. The van der Waals surface area contributed by atoms with Crippen LogP contribution in [-0.4, -0.2) is 19.2 Å². The zero-order valence-electron chi connectivity index (χ0n) is 15.1. The molecule has 2 heterocycles. The first-order valence-electron chi connectivity index (χ1n) is 8.84. The lowest BCUT2D eigenvalue weighted by molar-refractivity contribution is 0.662. The largest absolute Gasteiger partial charge is 0.276 e. The Bertz CT molecular complexity index is 1200. The predicted octanol–water partition coefficient (Wildman–Crippen LogP) is 4.71. The van der Waals surface area contributed by atoms with E-state index in [-0.39, 0.29) is 5.56 Å². The molecule has 0 saturated carbocycles. The van der Waals surface area contributed by atoms with Crippen molar-refractivity contribution in [3.05, 3.63) is 69.0 Å². The molecule has 0 fully saturated rings. The fraction of sp³-hybridized carbons (Fsp3) is 0.250. The van der Waals surface area contributed by atoms with E-state index in [1.54, 1.807) is 28.5 Å². The van der Waals surface area contributed by atoms with Gasteiger partial charge in [0, 0.05) is 17.3 Å². The van der Waals surface area contributed by atoms with Crippen LogP contribution in [0.25, 0.3) is 16.7 Å². The number of fused-ring (bicyclic) bond motifs is 3. The van der Waals surface area contributed by atoms with Gasteiger partial charge in [-0.25, -0.2) is 0 Å². The minimum atomic E-state index is -0.0790. The molecule has 2 aromatic carbocycles. The summed E-state index contributed by atoms with van der Waals surface area (Å²) in [7, 11) is 0. The maximum atomic E-state index is 12.9. The Hall–Kier alpha value is -2.31. The molecule has 7 heteroatoms. The number of aryl methyl sites for hydroxylation is 2. The van der Waals surface area contributed by atoms with Crippen LogP contribution >= 0.6 is 23.4 Å². The second-order valence-electron chi connectivity index (χ2n) is 6.45. The maximum Gasteiger partial charge on any atom is 0.262 e. The van der Waals surface area contributed by atoms with E-state index in [1.807, 2.05) is 29.5 Å². The van der Waals surface area contributed by atoms with Crippen molar-refractivity contribution in [3.8, 4) is 0 Å². The Kier molecular flexibility index (Phi) is 4.93. The number of hydrogen-bond donors (Lipinski definition) is 0. The Morgan fingerprint density at radius 2 is 1.96 bits per heavy atom.